The Balaban J connectivity index is 2.18. The smallest absolute Gasteiger partial charge is 0.213 e. The summed E-state index contributed by atoms with van der Waals surface area (Å²) in [7, 11) is 1.56. The molecule has 0 radical (unpaired) electrons. The normalized spacial score (nSPS) is 10.1. The van der Waals surface area contributed by atoms with Crippen LogP contribution in [0.2, 0.25) is 5.02 Å². The summed E-state index contributed by atoms with van der Waals surface area (Å²) in [4.78, 5) is 4.46. The Hall–Kier alpha value is -1.85. The number of nitrogens with two attached hydrogens (primary N) is 1. The van der Waals surface area contributed by atoms with Gasteiger partial charge in [-0.1, -0.05) is 36.0 Å². The number of rotatable bonds is 5. The molecule has 20 heavy (non-hydrogen) atoms. The van der Waals surface area contributed by atoms with Gasteiger partial charge in [0.05, 0.1) is 23.4 Å². The quantitative estimate of drug-likeness (QED) is 0.861. The summed E-state index contributed by atoms with van der Waals surface area (Å²) in [5, 5.41) is 0.466. The van der Waals surface area contributed by atoms with Gasteiger partial charge in [0.15, 0.2) is 0 Å². The molecule has 4 nitrogen and oxygen atoms in total. The van der Waals surface area contributed by atoms with Gasteiger partial charge in [0.2, 0.25) is 5.88 Å². The van der Waals surface area contributed by atoms with Crippen LogP contribution in [-0.2, 0) is 6.61 Å². The molecule has 0 aliphatic carbocycles. The molecule has 2 rings (SSSR count). The number of hydrogen-bond acceptors (Lipinski definition) is 4. The zero-order valence-electron chi connectivity index (χ0n) is 10.8. The molecule has 0 spiro atoms. The van der Waals surface area contributed by atoms with Gasteiger partial charge in [0, 0.05) is 6.07 Å². The lowest BCUT2D eigenvalue weighted by Crippen LogP contribution is -2.12. The fourth-order valence-corrected chi connectivity index (χ4v) is 2.20. The Labute approximate surface area is 127 Å². The lowest BCUT2D eigenvalue weighted by molar-refractivity contribution is 0.297. The van der Waals surface area contributed by atoms with Crippen molar-refractivity contribution in [2.75, 3.05) is 7.11 Å². The third-order valence-corrected chi connectivity index (χ3v) is 3.11. The van der Waals surface area contributed by atoms with Crippen LogP contribution in [0.15, 0.2) is 36.4 Å². The molecule has 0 unspecified atom stereocenters. The van der Waals surface area contributed by atoms with Gasteiger partial charge in [-0.3, -0.25) is 0 Å². The number of methoxy groups -OCH3 is 1. The summed E-state index contributed by atoms with van der Waals surface area (Å²) in [5.41, 5.74) is 6.93. The van der Waals surface area contributed by atoms with Gasteiger partial charge >= 0.3 is 0 Å². The maximum Gasteiger partial charge on any atom is 0.213 e. The van der Waals surface area contributed by atoms with Crippen molar-refractivity contribution in [3.63, 3.8) is 0 Å². The minimum absolute atomic E-state index is 0.198. The van der Waals surface area contributed by atoms with Crippen molar-refractivity contribution in [3.05, 3.63) is 52.7 Å². The second-order valence-corrected chi connectivity index (χ2v) is 4.78. The molecule has 1 aromatic heterocycles. The van der Waals surface area contributed by atoms with Crippen LogP contribution in [0.4, 0.5) is 0 Å². The summed E-state index contributed by atoms with van der Waals surface area (Å²) in [5.74, 6) is 1.07. The fourth-order valence-electron chi connectivity index (χ4n) is 1.67. The SMILES string of the molecule is COc1cccc(COc2cccc(Cl)c2C(N)=S)n1. The van der Waals surface area contributed by atoms with Crippen LogP contribution in [0.3, 0.4) is 0 Å². The highest BCUT2D eigenvalue weighted by molar-refractivity contribution is 7.80. The standard InChI is InChI=1S/C14H13ClN2O2S/c1-18-12-7-2-4-9(17-12)8-19-11-6-3-5-10(15)13(11)14(16)20/h2-7H,8H2,1H3,(H2,16,20). The van der Waals surface area contributed by atoms with E-state index in [4.69, 9.17) is 39.0 Å². The van der Waals surface area contributed by atoms with E-state index in [1.165, 1.54) is 0 Å². The van der Waals surface area contributed by atoms with Crippen LogP contribution in [-0.4, -0.2) is 17.1 Å². The monoisotopic (exact) mass is 308 g/mol. The molecule has 2 aromatic rings. The van der Waals surface area contributed by atoms with Gasteiger partial charge < -0.3 is 15.2 Å². The molecular formula is C14H13ClN2O2S. The highest BCUT2D eigenvalue weighted by Gasteiger charge is 2.11. The van der Waals surface area contributed by atoms with Gasteiger partial charge in [-0.25, -0.2) is 4.98 Å². The number of ether oxygens (including phenoxy) is 2. The minimum atomic E-state index is 0.198. The number of hydrogen-bond donors (Lipinski definition) is 1. The largest absolute Gasteiger partial charge is 0.487 e. The lowest BCUT2D eigenvalue weighted by Gasteiger charge is -2.12. The first-order valence-electron chi connectivity index (χ1n) is 5.83. The Morgan fingerprint density at radius 1 is 1.30 bits per heavy atom. The number of nitrogens with zero attached hydrogens (tertiary/aromatic N) is 1. The van der Waals surface area contributed by atoms with Gasteiger partial charge in [0.25, 0.3) is 0 Å². The highest BCUT2D eigenvalue weighted by Crippen LogP contribution is 2.27. The zero-order valence-corrected chi connectivity index (χ0v) is 12.4. The van der Waals surface area contributed by atoms with Gasteiger partial charge in [-0.2, -0.15) is 0 Å². The van der Waals surface area contributed by atoms with E-state index in [1.54, 1.807) is 31.4 Å². The first-order chi connectivity index (χ1) is 9.61. The highest BCUT2D eigenvalue weighted by atomic mass is 35.5. The molecule has 1 aromatic carbocycles. The van der Waals surface area contributed by atoms with Crippen molar-refractivity contribution in [1.82, 2.24) is 4.98 Å². The second-order valence-electron chi connectivity index (χ2n) is 3.94. The minimum Gasteiger partial charge on any atom is -0.487 e. The van der Waals surface area contributed by atoms with Gasteiger partial charge in [0.1, 0.15) is 17.3 Å². The summed E-state index contributed by atoms with van der Waals surface area (Å²) >= 11 is 11.1. The molecule has 0 amide bonds. The van der Waals surface area contributed by atoms with Crippen LogP contribution in [0.5, 0.6) is 11.6 Å². The van der Waals surface area contributed by atoms with Crippen LogP contribution in [0.1, 0.15) is 11.3 Å². The average molecular weight is 309 g/mol. The number of benzene rings is 1. The Morgan fingerprint density at radius 3 is 2.75 bits per heavy atom. The molecule has 2 N–H and O–H groups in total. The van der Waals surface area contributed by atoms with E-state index in [1.807, 2.05) is 12.1 Å². The van der Waals surface area contributed by atoms with E-state index >= 15 is 0 Å². The van der Waals surface area contributed by atoms with Crippen LogP contribution in [0, 0.1) is 0 Å². The van der Waals surface area contributed by atoms with E-state index in [2.05, 4.69) is 4.98 Å². The Kier molecular flexibility index (Phi) is 4.76. The zero-order chi connectivity index (χ0) is 14.5. The summed E-state index contributed by atoms with van der Waals surface area (Å²) in [6.45, 7) is 0.271. The molecule has 0 fully saturated rings. The van der Waals surface area contributed by atoms with Crippen LogP contribution >= 0.6 is 23.8 Å². The molecule has 0 aliphatic rings. The maximum atomic E-state index is 6.07. The number of pyridine rings is 1. The van der Waals surface area contributed by atoms with Gasteiger partial charge in [-0.05, 0) is 18.2 Å². The number of thiocarbonyl (C=S) groups is 1. The van der Waals surface area contributed by atoms with Crippen molar-refractivity contribution < 1.29 is 9.47 Å². The first kappa shape index (κ1) is 14.6. The molecule has 0 aliphatic heterocycles. The first-order valence-corrected chi connectivity index (χ1v) is 6.61. The predicted molar refractivity (Wildman–Crippen MR) is 82.5 cm³/mol. The third-order valence-electron chi connectivity index (χ3n) is 2.59. The molecular weight excluding hydrogens is 296 g/mol. The summed E-state index contributed by atoms with van der Waals surface area (Å²) in [6, 6.07) is 10.7. The van der Waals surface area contributed by atoms with Crippen molar-refractivity contribution in [3.8, 4) is 11.6 Å². The van der Waals surface area contributed by atoms with E-state index in [0.717, 1.165) is 5.69 Å². The second kappa shape index (κ2) is 6.54. The molecule has 0 atom stereocenters. The summed E-state index contributed by atoms with van der Waals surface area (Å²) < 4.78 is 10.8. The molecule has 0 bridgehead atoms. The maximum absolute atomic E-state index is 6.07. The molecule has 1 heterocycles. The van der Waals surface area contributed by atoms with E-state index in [0.29, 0.717) is 22.2 Å². The van der Waals surface area contributed by atoms with Crippen molar-refractivity contribution in [1.29, 1.82) is 0 Å². The molecule has 0 saturated carbocycles. The molecule has 0 saturated heterocycles. The summed E-state index contributed by atoms with van der Waals surface area (Å²) in [6.07, 6.45) is 0. The van der Waals surface area contributed by atoms with Crippen molar-refractivity contribution in [2.24, 2.45) is 5.73 Å². The van der Waals surface area contributed by atoms with Crippen LogP contribution in [0.25, 0.3) is 0 Å². The molecule has 6 heteroatoms. The Bertz CT molecular complexity index is 634. The van der Waals surface area contributed by atoms with Crippen LogP contribution < -0.4 is 15.2 Å². The topological polar surface area (TPSA) is 57.4 Å². The average Bonchev–Trinajstić information content (AvgIpc) is 2.45. The van der Waals surface area contributed by atoms with Gasteiger partial charge in [-0.15, -0.1) is 0 Å². The van der Waals surface area contributed by atoms with E-state index < -0.39 is 0 Å². The van der Waals surface area contributed by atoms with Crippen molar-refractivity contribution in [2.45, 2.75) is 6.61 Å². The molecule has 104 valence electrons. The van der Waals surface area contributed by atoms with Crippen molar-refractivity contribution >= 4 is 28.8 Å². The fraction of sp³-hybridized carbons (Fsp3) is 0.143. The third kappa shape index (κ3) is 3.37. The van der Waals surface area contributed by atoms with E-state index in [9.17, 15) is 0 Å². The van der Waals surface area contributed by atoms with E-state index in [-0.39, 0.29) is 11.6 Å². The number of aromatic nitrogens is 1. The number of halogens is 1. The lowest BCUT2D eigenvalue weighted by atomic mass is 10.2. The Morgan fingerprint density at radius 2 is 2.05 bits per heavy atom. The predicted octanol–water partition coefficient (Wildman–Crippen LogP) is 2.96.